The Morgan fingerprint density at radius 2 is 2.09 bits per heavy atom. The molecule has 2 nitrogen and oxygen atoms in total. The summed E-state index contributed by atoms with van der Waals surface area (Å²) in [6.45, 7) is 4.02. The van der Waals surface area contributed by atoms with Gasteiger partial charge in [0.05, 0.1) is 5.56 Å². The van der Waals surface area contributed by atoms with Crippen molar-refractivity contribution in [1.29, 1.82) is 0 Å². The fourth-order valence-corrected chi connectivity index (χ4v) is 2.84. The van der Waals surface area contributed by atoms with Crippen molar-refractivity contribution in [3.8, 4) is 0 Å². The predicted octanol–water partition coefficient (Wildman–Crippen LogP) is 4.50. The molecule has 2 rings (SSSR count). The second-order valence-electron chi connectivity index (χ2n) is 5.97. The quantitative estimate of drug-likeness (QED) is 0.823. The van der Waals surface area contributed by atoms with Crippen molar-refractivity contribution in [2.45, 2.75) is 57.7 Å². The number of halogens is 3. The molecule has 5 heteroatoms. The van der Waals surface area contributed by atoms with Crippen LogP contribution in [0.3, 0.4) is 0 Å². The lowest BCUT2D eigenvalue weighted by atomic mass is 10.00. The third-order valence-electron chi connectivity index (χ3n) is 4.26. The monoisotopic (exact) mass is 313 g/mol. The van der Waals surface area contributed by atoms with E-state index in [0.29, 0.717) is 5.56 Å². The topological polar surface area (TPSA) is 29.1 Å². The Hall–Kier alpha value is -1.52. The number of nitrogens with one attached hydrogen (secondary N) is 1. The summed E-state index contributed by atoms with van der Waals surface area (Å²) < 4.78 is 38.2. The standard InChI is InChI=1S/C17H22F3NO/c1-3-6-11(4-2)16(22)21-15-10-14(15)12-7-5-8-13(9-12)17(18,19)20/h5,7-9,11,14-15H,3-4,6,10H2,1-2H3,(H,21,22). The summed E-state index contributed by atoms with van der Waals surface area (Å²) in [4.78, 5) is 12.1. The highest BCUT2D eigenvalue weighted by Gasteiger charge is 2.41. The Morgan fingerprint density at radius 1 is 1.36 bits per heavy atom. The van der Waals surface area contributed by atoms with Crippen LogP contribution in [0, 0.1) is 5.92 Å². The van der Waals surface area contributed by atoms with E-state index in [1.54, 1.807) is 6.07 Å². The molecule has 1 fully saturated rings. The maximum absolute atomic E-state index is 12.7. The number of carbonyl (C=O) groups is 1. The van der Waals surface area contributed by atoms with Crippen LogP contribution in [0.15, 0.2) is 24.3 Å². The van der Waals surface area contributed by atoms with Crippen molar-refractivity contribution >= 4 is 5.91 Å². The van der Waals surface area contributed by atoms with Crippen LogP contribution in [0.2, 0.25) is 0 Å². The first-order chi connectivity index (χ1) is 10.4. The van der Waals surface area contributed by atoms with Gasteiger partial charge in [-0.1, -0.05) is 38.5 Å². The van der Waals surface area contributed by atoms with Crippen molar-refractivity contribution in [2.75, 3.05) is 0 Å². The van der Waals surface area contributed by atoms with Gasteiger partial charge >= 0.3 is 6.18 Å². The third kappa shape index (κ3) is 4.02. The van der Waals surface area contributed by atoms with Crippen LogP contribution in [0.25, 0.3) is 0 Å². The predicted molar refractivity (Wildman–Crippen MR) is 79.4 cm³/mol. The lowest BCUT2D eigenvalue weighted by Gasteiger charge is -2.14. The molecule has 1 aromatic carbocycles. The highest BCUT2D eigenvalue weighted by molar-refractivity contribution is 5.79. The minimum absolute atomic E-state index is 0.00498. The molecule has 22 heavy (non-hydrogen) atoms. The molecule has 3 atom stereocenters. The van der Waals surface area contributed by atoms with E-state index in [-0.39, 0.29) is 23.8 Å². The van der Waals surface area contributed by atoms with E-state index in [1.807, 2.05) is 13.8 Å². The Balaban J connectivity index is 1.97. The molecule has 0 radical (unpaired) electrons. The number of amides is 1. The van der Waals surface area contributed by atoms with E-state index >= 15 is 0 Å². The molecule has 0 saturated heterocycles. The van der Waals surface area contributed by atoms with Crippen LogP contribution in [0.1, 0.15) is 56.6 Å². The number of alkyl halides is 3. The molecule has 3 unspecified atom stereocenters. The summed E-state index contributed by atoms with van der Waals surface area (Å²) in [5, 5.41) is 2.98. The van der Waals surface area contributed by atoms with E-state index in [2.05, 4.69) is 5.32 Å². The molecular weight excluding hydrogens is 291 g/mol. The van der Waals surface area contributed by atoms with Crippen molar-refractivity contribution < 1.29 is 18.0 Å². The number of hydrogen-bond acceptors (Lipinski definition) is 1. The average Bonchev–Trinajstić information content (AvgIpc) is 3.23. The fourth-order valence-electron chi connectivity index (χ4n) is 2.84. The van der Waals surface area contributed by atoms with Gasteiger partial charge in [-0.25, -0.2) is 0 Å². The molecule has 0 aromatic heterocycles. The minimum atomic E-state index is -4.32. The fraction of sp³-hybridized carbons (Fsp3) is 0.588. The zero-order chi connectivity index (χ0) is 16.3. The molecule has 1 amide bonds. The van der Waals surface area contributed by atoms with Crippen molar-refractivity contribution in [3.63, 3.8) is 0 Å². The number of carbonyl (C=O) groups excluding carboxylic acids is 1. The molecule has 1 aromatic rings. The molecule has 122 valence electrons. The molecule has 1 N–H and O–H groups in total. The van der Waals surface area contributed by atoms with E-state index in [1.165, 1.54) is 12.1 Å². The number of rotatable bonds is 6. The highest BCUT2D eigenvalue weighted by Crippen LogP contribution is 2.42. The smallest absolute Gasteiger partial charge is 0.352 e. The first kappa shape index (κ1) is 16.8. The maximum Gasteiger partial charge on any atom is 0.416 e. The second kappa shape index (κ2) is 6.71. The van der Waals surface area contributed by atoms with Gasteiger partial charge in [-0.05, 0) is 30.9 Å². The van der Waals surface area contributed by atoms with Crippen LogP contribution < -0.4 is 5.32 Å². The van der Waals surface area contributed by atoms with Gasteiger partial charge in [-0.15, -0.1) is 0 Å². The third-order valence-corrected chi connectivity index (χ3v) is 4.26. The molecule has 1 aliphatic rings. The molecule has 0 spiro atoms. The summed E-state index contributed by atoms with van der Waals surface area (Å²) in [5.41, 5.74) is 0.0306. The highest BCUT2D eigenvalue weighted by atomic mass is 19.4. The maximum atomic E-state index is 12.7. The van der Waals surface area contributed by atoms with Crippen LogP contribution in [0.5, 0.6) is 0 Å². The lowest BCUT2D eigenvalue weighted by Crippen LogP contribution is -2.32. The number of hydrogen-bond donors (Lipinski definition) is 1. The molecule has 1 saturated carbocycles. The Morgan fingerprint density at radius 3 is 2.68 bits per heavy atom. The zero-order valence-electron chi connectivity index (χ0n) is 12.9. The van der Waals surface area contributed by atoms with Crippen molar-refractivity contribution in [3.05, 3.63) is 35.4 Å². The average molecular weight is 313 g/mol. The normalized spacial score (nSPS) is 22.2. The molecule has 0 aliphatic heterocycles. The van der Waals surface area contributed by atoms with E-state index in [4.69, 9.17) is 0 Å². The first-order valence-electron chi connectivity index (χ1n) is 7.84. The zero-order valence-corrected chi connectivity index (χ0v) is 12.9. The van der Waals surface area contributed by atoms with Gasteiger partial charge in [0.1, 0.15) is 0 Å². The number of benzene rings is 1. The lowest BCUT2D eigenvalue weighted by molar-refractivity contribution is -0.137. The summed E-state index contributed by atoms with van der Waals surface area (Å²) >= 11 is 0. The van der Waals surface area contributed by atoms with Crippen LogP contribution in [-0.2, 0) is 11.0 Å². The van der Waals surface area contributed by atoms with Crippen LogP contribution in [0.4, 0.5) is 13.2 Å². The largest absolute Gasteiger partial charge is 0.416 e. The van der Waals surface area contributed by atoms with Gasteiger partial charge in [0.2, 0.25) is 5.91 Å². The summed E-state index contributed by atoms with van der Waals surface area (Å²) in [5.74, 6) is 0.0435. The molecule has 1 aliphatic carbocycles. The van der Waals surface area contributed by atoms with Gasteiger partial charge in [-0.2, -0.15) is 13.2 Å². The summed E-state index contributed by atoms with van der Waals surface area (Å²) in [7, 11) is 0. The summed E-state index contributed by atoms with van der Waals surface area (Å²) in [6.07, 6.45) is -1.01. The van der Waals surface area contributed by atoms with E-state index in [0.717, 1.165) is 31.7 Å². The Kier molecular flexibility index (Phi) is 5.14. The minimum Gasteiger partial charge on any atom is -0.352 e. The van der Waals surface area contributed by atoms with Crippen molar-refractivity contribution in [2.24, 2.45) is 5.92 Å². The SMILES string of the molecule is CCCC(CC)C(=O)NC1CC1c1cccc(C(F)(F)F)c1. The molecule has 0 bridgehead atoms. The molecular formula is C17H22F3NO. The van der Waals surface area contributed by atoms with Crippen LogP contribution in [-0.4, -0.2) is 11.9 Å². The Bertz CT molecular complexity index is 527. The first-order valence-corrected chi connectivity index (χ1v) is 7.84. The van der Waals surface area contributed by atoms with Gasteiger partial charge in [0.25, 0.3) is 0 Å². The van der Waals surface area contributed by atoms with Gasteiger partial charge in [0.15, 0.2) is 0 Å². The van der Waals surface area contributed by atoms with Crippen molar-refractivity contribution in [1.82, 2.24) is 5.32 Å². The summed E-state index contributed by atoms with van der Waals surface area (Å²) in [6, 6.07) is 5.38. The Labute approximate surface area is 129 Å². The molecule has 0 heterocycles. The van der Waals surface area contributed by atoms with Gasteiger partial charge in [0, 0.05) is 17.9 Å². The van der Waals surface area contributed by atoms with Crippen LogP contribution >= 0.6 is 0 Å². The second-order valence-corrected chi connectivity index (χ2v) is 5.97. The van der Waals surface area contributed by atoms with E-state index in [9.17, 15) is 18.0 Å². The van der Waals surface area contributed by atoms with E-state index < -0.39 is 11.7 Å². The van der Waals surface area contributed by atoms with Gasteiger partial charge < -0.3 is 5.32 Å². The van der Waals surface area contributed by atoms with Gasteiger partial charge in [-0.3, -0.25) is 4.79 Å².